The van der Waals surface area contributed by atoms with E-state index in [9.17, 15) is 5.11 Å². The van der Waals surface area contributed by atoms with E-state index < -0.39 is 6.10 Å². The second kappa shape index (κ2) is 6.75. The maximum atomic E-state index is 10.2. The van der Waals surface area contributed by atoms with Crippen LogP contribution in [-0.4, -0.2) is 45.3 Å². The number of rotatable bonds is 6. The quantitative estimate of drug-likeness (QED) is 0.848. The van der Waals surface area contributed by atoms with E-state index >= 15 is 0 Å². The summed E-state index contributed by atoms with van der Waals surface area (Å²) in [6.45, 7) is 1.57. The molecule has 1 aliphatic heterocycles. The first-order valence-electron chi connectivity index (χ1n) is 6.34. The Kier molecular flexibility index (Phi) is 5.01. The first kappa shape index (κ1) is 14.1. The molecule has 1 fully saturated rings. The molecule has 1 heterocycles. The van der Waals surface area contributed by atoms with E-state index in [0.29, 0.717) is 23.7 Å². The van der Waals surface area contributed by atoms with Crippen molar-refractivity contribution in [3.05, 3.63) is 23.8 Å². The van der Waals surface area contributed by atoms with E-state index in [-0.39, 0.29) is 12.7 Å². The predicted octanol–water partition coefficient (Wildman–Crippen LogP) is 1.54. The minimum atomic E-state index is -0.721. The minimum Gasteiger partial charge on any atom is -0.497 e. The molecule has 5 heteroatoms. The molecule has 0 saturated carbocycles. The number of methoxy groups -OCH3 is 2. The lowest BCUT2D eigenvalue weighted by Gasteiger charge is -2.17. The Morgan fingerprint density at radius 2 is 2.21 bits per heavy atom. The van der Waals surface area contributed by atoms with Crippen molar-refractivity contribution in [2.45, 2.75) is 18.6 Å². The van der Waals surface area contributed by atoms with E-state index in [0.717, 1.165) is 13.0 Å². The Balaban J connectivity index is 1.98. The zero-order valence-electron chi connectivity index (χ0n) is 11.3. The molecule has 5 nitrogen and oxygen atoms in total. The summed E-state index contributed by atoms with van der Waals surface area (Å²) in [4.78, 5) is 0. The topological polar surface area (TPSA) is 57.2 Å². The summed E-state index contributed by atoms with van der Waals surface area (Å²) in [7, 11) is 3.16. The van der Waals surface area contributed by atoms with Gasteiger partial charge in [0.25, 0.3) is 0 Å². The fourth-order valence-corrected chi connectivity index (χ4v) is 2.06. The third kappa shape index (κ3) is 3.59. The van der Waals surface area contributed by atoms with Crippen molar-refractivity contribution in [2.75, 3.05) is 34.0 Å². The molecule has 1 aromatic rings. The molecule has 0 aromatic heterocycles. The summed E-state index contributed by atoms with van der Waals surface area (Å²) in [6.07, 6.45) is 0.243. The van der Waals surface area contributed by atoms with Crippen LogP contribution in [0.25, 0.3) is 0 Å². The normalized spacial score (nSPS) is 20.3. The lowest BCUT2D eigenvalue weighted by Crippen LogP contribution is -2.17. The van der Waals surface area contributed by atoms with Gasteiger partial charge in [-0.2, -0.15) is 0 Å². The average molecular weight is 268 g/mol. The highest BCUT2D eigenvalue weighted by Gasteiger charge is 2.20. The number of hydrogen-bond acceptors (Lipinski definition) is 5. The van der Waals surface area contributed by atoms with Gasteiger partial charge in [-0.05, 0) is 18.6 Å². The molecule has 19 heavy (non-hydrogen) atoms. The van der Waals surface area contributed by atoms with Crippen molar-refractivity contribution in [3.8, 4) is 11.5 Å². The maximum absolute atomic E-state index is 10.2. The summed E-state index contributed by atoms with van der Waals surface area (Å²) in [5.74, 6) is 1.29. The monoisotopic (exact) mass is 268 g/mol. The molecule has 2 unspecified atom stereocenters. The van der Waals surface area contributed by atoms with Crippen LogP contribution in [0, 0.1) is 0 Å². The minimum absolute atomic E-state index is 0.0823. The molecular weight excluding hydrogens is 248 g/mol. The number of hydrogen-bond donors (Lipinski definition) is 1. The van der Waals surface area contributed by atoms with Gasteiger partial charge in [-0.25, -0.2) is 0 Å². The molecule has 0 bridgehead atoms. The predicted molar refractivity (Wildman–Crippen MR) is 69.7 cm³/mol. The number of benzene rings is 1. The molecule has 0 amide bonds. The van der Waals surface area contributed by atoms with Gasteiger partial charge < -0.3 is 24.1 Å². The van der Waals surface area contributed by atoms with Crippen molar-refractivity contribution in [1.29, 1.82) is 0 Å². The van der Waals surface area contributed by atoms with E-state index in [2.05, 4.69) is 0 Å². The Morgan fingerprint density at radius 1 is 1.37 bits per heavy atom. The van der Waals surface area contributed by atoms with Gasteiger partial charge >= 0.3 is 0 Å². The molecule has 1 aliphatic rings. The summed E-state index contributed by atoms with van der Waals surface area (Å²) >= 11 is 0. The van der Waals surface area contributed by atoms with Crippen molar-refractivity contribution in [1.82, 2.24) is 0 Å². The Labute approximate surface area is 113 Å². The number of ether oxygens (including phenoxy) is 4. The number of aliphatic hydroxyl groups excluding tert-OH is 1. The smallest absolute Gasteiger partial charge is 0.128 e. The Hall–Kier alpha value is -1.30. The largest absolute Gasteiger partial charge is 0.497 e. The van der Waals surface area contributed by atoms with Crippen LogP contribution >= 0.6 is 0 Å². The van der Waals surface area contributed by atoms with Crippen LogP contribution in [0.1, 0.15) is 18.1 Å². The molecule has 2 rings (SSSR count). The highest BCUT2D eigenvalue weighted by molar-refractivity contribution is 5.41. The first-order chi connectivity index (χ1) is 9.24. The van der Waals surface area contributed by atoms with E-state index in [1.54, 1.807) is 32.4 Å². The van der Waals surface area contributed by atoms with Crippen molar-refractivity contribution < 1.29 is 24.1 Å². The standard InChI is InChI=1S/C14H20O5/c1-16-10-3-4-12(14(7-10)17-2)13(15)9-19-11-5-6-18-8-11/h3-4,7,11,13,15H,5-6,8-9H2,1-2H3. The summed E-state index contributed by atoms with van der Waals surface area (Å²) in [5.41, 5.74) is 0.696. The van der Waals surface area contributed by atoms with Crippen LogP contribution < -0.4 is 9.47 Å². The molecule has 0 spiro atoms. The van der Waals surface area contributed by atoms with Crippen molar-refractivity contribution in [2.24, 2.45) is 0 Å². The molecular formula is C14H20O5. The van der Waals surface area contributed by atoms with Crippen LogP contribution in [-0.2, 0) is 9.47 Å². The van der Waals surface area contributed by atoms with Crippen LogP contribution in [0.5, 0.6) is 11.5 Å². The van der Waals surface area contributed by atoms with Crippen LogP contribution in [0.15, 0.2) is 18.2 Å². The zero-order valence-corrected chi connectivity index (χ0v) is 11.3. The third-order valence-corrected chi connectivity index (χ3v) is 3.18. The van der Waals surface area contributed by atoms with Gasteiger partial charge in [0.2, 0.25) is 0 Å². The average Bonchev–Trinajstić information content (AvgIpc) is 2.97. The fourth-order valence-electron chi connectivity index (χ4n) is 2.06. The zero-order chi connectivity index (χ0) is 13.7. The summed E-state index contributed by atoms with van der Waals surface area (Å²) < 4.78 is 21.2. The SMILES string of the molecule is COc1ccc(C(O)COC2CCOC2)c(OC)c1. The van der Waals surface area contributed by atoms with Gasteiger partial charge in [-0.3, -0.25) is 0 Å². The van der Waals surface area contributed by atoms with Gasteiger partial charge in [0.15, 0.2) is 0 Å². The lowest BCUT2D eigenvalue weighted by atomic mass is 10.1. The second-order valence-electron chi connectivity index (χ2n) is 4.44. The Bertz CT molecular complexity index is 401. The first-order valence-corrected chi connectivity index (χ1v) is 6.34. The number of aliphatic hydroxyl groups is 1. The van der Waals surface area contributed by atoms with Gasteiger partial charge in [0, 0.05) is 18.2 Å². The molecule has 0 aliphatic carbocycles. The fraction of sp³-hybridized carbons (Fsp3) is 0.571. The van der Waals surface area contributed by atoms with Gasteiger partial charge in [-0.1, -0.05) is 0 Å². The van der Waals surface area contributed by atoms with Gasteiger partial charge in [-0.15, -0.1) is 0 Å². The summed E-state index contributed by atoms with van der Waals surface area (Å²) in [6, 6.07) is 5.33. The van der Waals surface area contributed by atoms with Crippen molar-refractivity contribution >= 4 is 0 Å². The molecule has 0 radical (unpaired) electrons. The molecule has 1 N–H and O–H groups in total. The maximum Gasteiger partial charge on any atom is 0.128 e. The molecule has 106 valence electrons. The Morgan fingerprint density at radius 3 is 2.84 bits per heavy atom. The van der Waals surface area contributed by atoms with Crippen LogP contribution in [0.4, 0.5) is 0 Å². The summed E-state index contributed by atoms with van der Waals surface area (Å²) in [5, 5.41) is 10.2. The highest BCUT2D eigenvalue weighted by atomic mass is 16.5. The van der Waals surface area contributed by atoms with E-state index in [1.165, 1.54) is 0 Å². The lowest BCUT2D eigenvalue weighted by molar-refractivity contribution is -0.0138. The molecule has 2 atom stereocenters. The van der Waals surface area contributed by atoms with Crippen molar-refractivity contribution in [3.63, 3.8) is 0 Å². The third-order valence-electron chi connectivity index (χ3n) is 3.18. The molecule has 1 aromatic carbocycles. The molecule has 1 saturated heterocycles. The van der Waals surface area contributed by atoms with Gasteiger partial charge in [0.05, 0.1) is 33.5 Å². The highest BCUT2D eigenvalue weighted by Crippen LogP contribution is 2.30. The van der Waals surface area contributed by atoms with E-state index in [1.807, 2.05) is 0 Å². The van der Waals surface area contributed by atoms with Gasteiger partial charge in [0.1, 0.15) is 17.6 Å². The van der Waals surface area contributed by atoms with Crippen LogP contribution in [0.3, 0.4) is 0 Å². The van der Waals surface area contributed by atoms with E-state index in [4.69, 9.17) is 18.9 Å². The van der Waals surface area contributed by atoms with Crippen LogP contribution in [0.2, 0.25) is 0 Å². The second-order valence-corrected chi connectivity index (χ2v) is 4.44.